The van der Waals surface area contributed by atoms with Gasteiger partial charge in [-0.25, -0.2) is 18.4 Å². The Hall–Kier alpha value is -3.67. The molecule has 3 heterocycles. The maximum atomic E-state index is 14.1. The molecule has 1 aliphatic heterocycles. The van der Waals surface area contributed by atoms with E-state index in [1.54, 1.807) is 32.2 Å². The van der Waals surface area contributed by atoms with Gasteiger partial charge in [0.2, 0.25) is 0 Å². The summed E-state index contributed by atoms with van der Waals surface area (Å²) in [5, 5.41) is 3.66. The highest BCUT2D eigenvalue weighted by atomic mass is 32.2. The van der Waals surface area contributed by atoms with E-state index < -0.39 is 33.3 Å². The molecule has 0 spiro atoms. The van der Waals surface area contributed by atoms with Crippen molar-refractivity contribution in [3.63, 3.8) is 0 Å². The van der Waals surface area contributed by atoms with E-state index in [2.05, 4.69) is 15.3 Å². The molecule has 0 aliphatic carbocycles. The molecule has 1 atom stereocenters. The van der Waals surface area contributed by atoms with Crippen molar-refractivity contribution >= 4 is 38.2 Å². The third kappa shape index (κ3) is 4.65. The zero-order valence-corrected chi connectivity index (χ0v) is 19.8. The van der Waals surface area contributed by atoms with Crippen LogP contribution in [0, 0.1) is 0 Å². The van der Waals surface area contributed by atoms with Gasteiger partial charge in [0.25, 0.3) is 11.5 Å². The van der Waals surface area contributed by atoms with Gasteiger partial charge in [0, 0.05) is 24.2 Å². The number of anilines is 1. The molecule has 1 aliphatic rings. The van der Waals surface area contributed by atoms with Gasteiger partial charge in [0.15, 0.2) is 9.84 Å². The van der Waals surface area contributed by atoms with E-state index in [-0.39, 0.29) is 23.5 Å². The van der Waals surface area contributed by atoms with Gasteiger partial charge in [-0.2, -0.15) is 8.78 Å². The summed E-state index contributed by atoms with van der Waals surface area (Å²) in [7, 11) is -1.61. The first-order chi connectivity index (χ1) is 16.4. The third-order valence-electron chi connectivity index (χ3n) is 6.03. The van der Waals surface area contributed by atoms with Crippen molar-refractivity contribution in [3.8, 4) is 0 Å². The van der Waals surface area contributed by atoms with Crippen molar-refractivity contribution in [3.05, 3.63) is 69.8 Å². The number of fused-ring (bicyclic) bond motifs is 1. The number of primary amides is 1. The van der Waals surface area contributed by atoms with E-state index in [1.165, 1.54) is 23.0 Å². The highest BCUT2D eigenvalue weighted by Crippen LogP contribution is 2.31. The number of carbonyl (C=O) groups excluding carboxylic acids is 1. The first kappa shape index (κ1) is 24.5. The summed E-state index contributed by atoms with van der Waals surface area (Å²) in [6, 6.07) is 6.45. The molecule has 0 bridgehead atoms. The van der Waals surface area contributed by atoms with Gasteiger partial charge in [0.1, 0.15) is 17.8 Å². The number of pyridine rings is 1. The predicted octanol–water partition coefficient (Wildman–Crippen LogP) is 2.28. The Morgan fingerprint density at radius 3 is 2.66 bits per heavy atom. The topological polar surface area (TPSA) is 137 Å². The molecular formula is C23H23F2N5O4S. The summed E-state index contributed by atoms with van der Waals surface area (Å²) in [6.07, 6.45) is 3.04. The van der Waals surface area contributed by atoms with Gasteiger partial charge < -0.3 is 11.1 Å². The van der Waals surface area contributed by atoms with Crippen LogP contribution < -0.4 is 16.6 Å². The van der Waals surface area contributed by atoms with Crippen LogP contribution in [0.4, 0.5) is 14.6 Å². The normalized spacial score (nSPS) is 16.5. The SMILES string of the molecule is C[C@@H](Nc1ncnc2c1cc(C1=CCS(=O)(=O)CC1)c(=O)n2C)c1cccc(C(F)(F)C(N)=O)c1. The van der Waals surface area contributed by atoms with Crippen LogP contribution in [0.3, 0.4) is 0 Å². The Kier molecular flexibility index (Phi) is 6.18. The summed E-state index contributed by atoms with van der Waals surface area (Å²) in [5.74, 6) is -5.37. The molecule has 3 N–H and O–H groups in total. The lowest BCUT2D eigenvalue weighted by Gasteiger charge is -2.20. The number of benzene rings is 1. The highest BCUT2D eigenvalue weighted by molar-refractivity contribution is 7.91. The van der Waals surface area contributed by atoms with Crippen molar-refractivity contribution in [2.75, 3.05) is 16.8 Å². The predicted molar refractivity (Wildman–Crippen MR) is 128 cm³/mol. The van der Waals surface area contributed by atoms with E-state index in [0.29, 0.717) is 33.6 Å². The van der Waals surface area contributed by atoms with Crippen molar-refractivity contribution in [2.24, 2.45) is 12.8 Å². The van der Waals surface area contributed by atoms with Crippen molar-refractivity contribution < 1.29 is 22.0 Å². The van der Waals surface area contributed by atoms with E-state index in [9.17, 15) is 26.8 Å². The first-order valence-electron chi connectivity index (χ1n) is 10.7. The van der Waals surface area contributed by atoms with Gasteiger partial charge >= 0.3 is 5.92 Å². The zero-order valence-electron chi connectivity index (χ0n) is 19.0. The van der Waals surface area contributed by atoms with Gasteiger partial charge in [-0.3, -0.25) is 14.2 Å². The van der Waals surface area contributed by atoms with Crippen LogP contribution in [0.2, 0.25) is 0 Å². The molecule has 12 heteroatoms. The minimum absolute atomic E-state index is 0.0419. The second-order valence-electron chi connectivity index (χ2n) is 8.41. The van der Waals surface area contributed by atoms with Crippen LogP contribution in [-0.2, 0) is 27.6 Å². The van der Waals surface area contributed by atoms with Crippen molar-refractivity contribution in [2.45, 2.75) is 25.3 Å². The number of allylic oxidation sites excluding steroid dienone is 1. The molecule has 0 fully saturated rings. The lowest BCUT2D eigenvalue weighted by atomic mass is 10.0. The Morgan fingerprint density at radius 2 is 2.00 bits per heavy atom. The van der Waals surface area contributed by atoms with E-state index in [4.69, 9.17) is 5.73 Å². The number of hydrogen-bond acceptors (Lipinski definition) is 7. The Balaban J connectivity index is 1.74. The Bertz CT molecular complexity index is 1530. The molecule has 184 valence electrons. The number of aryl methyl sites for hydroxylation is 1. The summed E-state index contributed by atoms with van der Waals surface area (Å²) in [5.41, 5.74) is 5.79. The molecular weight excluding hydrogens is 480 g/mol. The monoisotopic (exact) mass is 503 g/mol. The van der Waals surface area contributed by atoms with Crippen LogP contribution in [0.1, 0.15) is 36.1 Å². The van der Waals surface area contributed by atoms with Crippen molar-refractivity contribution in [1.29, 1.82) is 0 Å². The molecule has 9 nitrogen and oxygen atoms in total. The van der Waals surface area contributed by atoms with Gasteiger partial charge in [0.05, 0.1) is 16.9 Å². The fourth-order valence-corrected chi connectivity index (χ4v) is 5.12. The number of sulfone groups is 1. The smallest absolute Gasteiger partial charge is 0.349 e. The van der Waals surface area contributed by atoms with E-state index >= 15 is 0 Å². The van der Waals surface area contributed by atoms with Crippen molar-refractivity contribution in [1.82, 2.24) is 14.5 Å². The maximum Gasteiger partial charge on any atom is 0.349 e. The Morgan fingerprint density at radius 1 is 1.26 bits per heavy atom. The lowest BCUT2D eigenvalue weighted by molar-refractivity contribution is -0.143. The first-order valence-corrected chi connectivity index (χ1v) is 12.5. The molecule has 1 amide bonds. The number of alkyl halides is 2. The number of aromatic nitrogens is 3. The van der Waals surface area contributed by atoms with E-state index in [1.807, 2.05) is 0 Å². The van der Waals surface area contributed by atoms with Gasteiger partial charge in [-0.05, 0) is 36.6 Å². The number of nitrogens with zero attached hydrogens (tertiary/aromatic N) is 3. The minimum Gasteiger partial charge on any atom is -0.364 e. The van der Waals surface area contributed by atoms with Crippen LogP contribution in [-0.4, -0.2) is 40.4 Å². The summed E-state index contributed by atoms with van der Waals surface area (Å²) < 4.78 is 53.2. The molecule has 0 unspecified atom stereocenters. The van der Waals surface area contributed by atoms with Gasteiger partial charge in [-0.1, -0.05) is 24.3 Å². The highest BCUT2D eigenvalue weighted by Gasteiger charge is 2.39. The molecule has 3 aromatic rings. The molecule has 35 heavy (non-hydrogen) atoms. The average molecular weight is 504 g/mol. The number of hydrogen-bond donors (Lipinski definition) is 2. The lowest BCUT2D eigenvalue weighted by Crippen LogP contribution is -2.33. The maximum absolute atomic E-state index is 14.1. The number of carbonyl (C=O) groups is 1. The number of nitrogens with two attached hydrogens (primary N) is 1. The van der Waals surface area contributed by atoms with Crippen LogP contribution >= 0.6 is 0 Å². The zero-order chi connectivity index (χ0) is 25.5. The summed E-state index contributed by atoms with van der Waals surface area (Å²) in [6.45, 7) is 1.73. The quantitative estimate of drug-likeness (QED) is 0.526. The minimum atomic E-state index is -3.81. The fraction of sp³-hybridized carbons (Fsp3) is 0.304. The number of nitrogens with one attached hydrogen (secondary N) is 1. The largest absolute Gasteiger partial charge is 0.364 e. The standard InChI is InChI=1S/C23H23F2N5O4S/c1-13(15-4-3-5-16(10-15)23(24,25)22(26)32)29-19-18-11-17(14-6-8-35(33,34)9-7-14)21(31)30(2)20(18)28-12-27-19/h3-6,10-13H,7-9H2,1-2H3,(H2,26,32)(H,27,28,29)/t13-/m1/s1. The molecule has 0 radical (unpaired) electrons. The molecule has 1 aromatic carbocycles. The van der Waals surface area contributed by atoms with Crippen LogP contribution in [0.15, 0.2) is 47.5 Å². The second-order valence-corrected chi connectivity index (χ2v) is 10.6. The molecule has 4 rings (SSSR count). The molecule has 0 saturated carbocycles. The van der Waals surface area contributed by atoms with Crippen LogP contribution in [0.5, 0.6) is 0 Å². The van der Waals surface area contributed by atoms with Crippen LogP contribution in [0.25, 0.3) is 16.6 Å². The number of amides is 1. The summed E-state index contributed by atoms with van der Waals surface area (Å²) >= 11 is 0. The third-order valence-corrected chi connectivity index (χ3v) is 7.53. The summed E-state index contributed by atoms with van der Waals surface area (Å²) in [4.78, 5) is 32.6. The average Bonchev–Trinajstić information content (AvgIpc) is 2.82. The number of rotatable bonds is 6. The fourth-order valence-electron chi connectivity index (χ4n) is 3.97. The second kappa shape index (κ2) is 8.84. The Labute approximate surface area is 199 Å². The van der Waals surface area contributed by atoms with E-state index in [0.717, 1.165) is 6.07 Å². The molecule has 2 aromatic heterocycles. The number of halogens is 2. The molecule has 0 saturated heterocycles. The van der Waals surface area contributed by atoms with Gasteiger partial charge in [-0.15, -0.1) is 0 Å².